The van der Waals surface area contributed by atoms with Gasteiger partial charge in [0.15, 0.2) is 5.82 Å². The van der Waals surface area contributed by atoms with Crippen LogP contribution < -0.4 is 10.9 Å². The average molecular weight is 458 g/mol. The number of benzene rings is 1. The molecule has 29 heavy (non-hydrogen) atoms. The summed E-state index contributed by atoms with van der Waals surface area (Å²) in [6, 6.07) is 7.30. The summed E-state index contributed by atoms with van der Waals surface area (Å²) in [5, 5.41) is 10.6. The van der Waals surface area contributed by atoms with Gasteiger partial charge in [0.1, 0.15) is 0 Å². The van der Waals surface area contributed by atoms with Gasteiger partial charge in [0.05, 0.1) is 17.2 Å². The number of carbonyl (C=O) groups is 1. The molecule has 0 saturated heterocycles. The molecule has 0 bridgehead atoms. The molecule has 1 aliphatic carbocycles. The van der Waals surface area contributed by atoms with Gasteiger partial charge in [-0.1, -0.05) is 48.0 Å². The fourth-order valence-electron chi connectivity index (χ4n) is 3.95. The predicted octanol–water partition coefficient (Wildman–Crippen LogP) is 4.03. The second kappa shape index (κ2) is 8.90. The number of amides is 1. The van der Waals surface area contributed by atoms with Crippen molar-refractivity contribution < 1.29 is 4.79 Å². The molecule has 2 N–H and O–H groups in total. The number of aromatic amines is 1. The molecule has 0 spiro atoms. The van der Waals surface area contributed by atoms with E-state index in [1.807, 2.05) is 12.1 Å². The van der Waals surface area contributed by atoms with Crippen LogP contribution in [0.2, 0.25) is 0 Å². The van der Waals surface area contributed by atoms with Crippen molar-refractivity contribution in [1.29, 1.82) is 0 Å². The number of rotatable bonds is 6. The first-order valence-electron chi connectivity index (χ1n) is 10.1. The Hall–Kier alpha value is -2.48. The van der Waals surface area contributed by atoms with Crippen LogP contribution in [0.25, 0.3) is 10.9 Å². The number of anilines is 1. The number of hydrogen-bond acceptors (Lipinski definition) is 4. The molecular formula is C21H24BrN5O2. The predicted molar refractivity (Wildman–Crippen MR) is 116 cm³/mol. The summed E-state index contributed by atoms with van der Waals surface area (Å²) >= 11 is 3.37. The molecule has 1 saturated carbocycles. The van der Waals surface area contributed by atoms with Crippen molar-refractivity contribution in [1.82, 2.24) is 19.7 Å². The van der Waals surface area contributed by atoms with E-state index in [0.717, 1.165) is 16.6 Å². The molecule has 1 aromatic carbocycles. The van der Waals surface area contributed by atoms with E-state index in [4.69, 9.17) is 0 Å². The SMILES string of the molecule is O=C(CCn1cnc2ccc(Br)cc2c1=O)Nc1cc(CC2CCCCC2)[nH]n1. The maximum atomic E-state index is 12.6. The highest BCUT2D eigenvalue weighted by Gasteiger charge is 2.16. The third-order valence-corrected chi connectivity index (χ3v) is 5.99. The van der Waals surface area contributed by atoms with E-state index < -0.39 is 0 Å². The standard InChI is InChI=1S/C21H24BrN5O2/c22-15-6-7-18-17(11-15)21(29)27(13-23-18)9-8-20(28)24-19-12-16(25-26-19)10-14-4-2-1-3-5-14/h6-7,11-14H,1-5,8-10H2,(H2,24,25,26,28). The first-order chi connectivity index (χ1) is 14.1. The maximum absolute atomic E-state index is 12.6. The Kier molecular flexibility index (Phi) is 6.08. The number of fused-ring (bicyclic) bond motifs is 1. The van der Waals surface area contributed by atoms with Crippen LogP contribution in [0.3, 0.4) is 0 Å². The van der Waals surface area contributed by atoms with Crippen LogP contribution in [0, 0.1) is 5.92 Å². The lowest BCUT2D eigenvalue weighted by molar-refractivity contribution is -0.116. The number of aromatic nitrogens is 4. The number of carbonyl (C=O) groups excluding carboxylic acids is 1. The topological polar surface area (TPSA) is 92.7 Å². The minimum Gasteiger partial charge on any atom is -0.309 e. The van der Waals surface area contributed by atoms with Gasteiger partial charge in [0.25, 0.3) is 5.56 Å². The highest BCUT2D eigenvalue weighted by Crippen LogP contribution is 2.26. The summed E-state index contributed by atoms with van der Waals surface area (Å²) in [4.78, 5) is 29.2. The Morgan fingerprint density at radius 3 is 2.90 bits per heavy atom. The molecule has 0 unspecified atom stereocenters. The number of nitrogens with zero attached hydrogens (tertiary/aromatic N) is 3. The van der Waals surface area contributed by atoms with Crippen LogP contribution in [0.4, 0.5) is 5.82 Å². The van der Waals surface area contributed by atoms with Gasteiger partial charge in [-0.05, 0) is 30.5 Å². The van der Waals surface area contributed by atoms with Gasteiger partial charge in [-0.25, -0.2) is 4.98 Å². The van der Waals surface area contributed by atoms with Crippen molar-refractivity contribution in [3.8, 4) is 0 Å². The summed E-state index contributed by atoms with van der Waals surface area (Å²) in [6.07, 6.45) is 9.14. The zero-order chi connectivity index (χ0) is 20.2. The average Bonchev–Trinajstić information content (AvgIpc) is 3.15. The fraction of sp³-hybridized carbons (Fsp3) is 0.429. The number of halogens is 1. The van der Waals surface area contributed by atoms with Crippen molar-refractivity contribution >= 4 is 38.6 Å². The molecule has 0 radical (unpaired) electrons. The highest BCUT2D eigenvalue weighted by molar-refractivity contribution is 9.10. The molecule has 0 atom stereocenters. The monoisotopic (exact) mass is 457 g/mol. The van der Waals surface area contributed by atoms with E-state index >= 15 is 0 Å². The van der Waals surface area contributed by atoms with Crippen LogP contribution in [0.1, 0.15) is 44.2 Å². The van der Waals surface area contributed by atoms with Crippen molar-refractivity contribution in [2.24, 2.45) is 5.92 Å². The molecule has 2 aromatic heterocycles. The van der Waals surface area contributed by atoms with E-state index in [0.29, 0.717) is 22.6 Å². The molecule has 1 aliphatic rings. The highest BCUT2D eigenvalue weighted by atomic mass is 79.9. The fourth-order valence-corrected chi connectivity index (χ4v) is 4.31. The van der Waals surface area contributed by atoms with Gasteiger partial charge in [-0.15, -0.1) is 0 Å². The minimum atomic E-state index is -0.179. The molecule has 1 amide bonds. The molecular weight excluding hydrogens is 434 g/mol. The summed E-state index contributed by atoms with van der Waals surface area (Å²) in [6.45, 7) is 0.263. The molecule has 7 nitrogen and oxygen atoms in total. The Morgan fingerprint density at radius 2 is 2.07 bits per heavy atom. The zero-order valence-electron chi connectivity index (χ0n) is 16.2. The second-order valence-corrected chi connectivity index (χ2v) is 8.61. The van der Waals surface area contributed by atoms with E-state index in [-0.39, 0.29) is 24.4 Å². The van der Waals surface area contributed by atoms with E-state index in [1.54, 1.807) is 12.1 Å². The Balaban J connectivity index is 1.34. The van der Waals surface area contributed by atoms with E-state index in [1.165, 1.54) is 43.0 Å². The van der Waals surface area contributed by atoms with Gasteiger partial charge < -0.3 is 5.32 Å². The second-order valence-electron chi connectivity index (χ2n) is 7.69. The zero-order valence-corrected chi connectivity index (χ0v) is 17.7. The molecule has 2 heterocycles. The summed E-state index contributed by atoms with van der Waals surface area (Å²) in [5.74, 6) is 1.07. The summed E-state index contributed by atoms with van der Waals surface area (Å²) in [7, 11) is 0. The van der Waals surface area contributed by atoms with Gasteiger partial charge in [-0.3, -0.25) is 19.3 Å². The molecule has 1 fully saturated rings. The van der Waals surface area contributed by atoms with Crippen molar-refractivity contribution in [3.63, 3.8) is 0 Å². The molecule has 8 heteroatoms. The van der Waals surface area contributed by atoms with Crippen LogP contribution in [0.5, 0.6) is 0 Å². The number of hydrogen-bond donors (Lipinski definition) is 2. The number of aryl methyl sites for hydroxylation is 1. The molecule has 152 valence electrons. The third-order valence-electron chi connectivity index (χ3n) is 5.50. The van der Waals surface area contributed by atoms with Crippen LogP contribution >= 0.6 is 15.9 Å². The Labute approximate surface area is 177 Å². The maximum Gasteiger partial charge on any atom is 0.261 e. The van der Waals surface area contributed by atoms with E-state index in [2.05, 4.69) is 36.4 Å². The lowest BCUT2D eigenvalue weighted by Gasteiger charge is -2.20. The van der Waals surface area contributed by atoms with E-state index in [9.17, 15) is 9.59 Å². The lowest BCUT2D eigenvalue weighted by Crippen LogP contribution is -2.23. The van der Waals surface area contributed by atoms with Crippen molar-refractivity contribution in [2.45, 2.75) is 51.5 Å². The Bertz CT molecular complexity index is 1070. The number of H-pyrrole nitrogens is 1. The largest absolute Gasteiger partial charge is 0.309 e. The molecule has 4 rings (SSSR count). The molecule has 3 aromatic rings. The first-order valence-corrected chi connectivity index (χ1v) is 10.9. The van der Waals surface area contributed by atoms with Crippen LogP contribution in [-0.4, -0.2) is 25.7 Å². The number of nitrogens with one attached hydrogen (secondary N) is 2. The minimum absolute atomic E-state index is 0.154. The smallest absolute Gasteiger partial charge is 0.261 e. The summed E-state index contributed by atoms with van der Waals surface area (Å²) in [5.41, 5.74) is 1.55. The summed E-state index contributed by atoms with van der Waals surface area (Å²) < 4.78 is 2.29. The van der Waals surface area contributed by atoms with Gasteiger partial charge in [-0.2, -0.15) is 5.10 Å². The van der Waals surface area contributed by atoms with Crippen LogP contribution in [-0.2, 0) is 17.8 Å². The van der Waals surface area contributed by atoms with Gasteiger partial charge in [0, 0.05) is 29.2 Å². The Morgan fingerprint density at radius 1 is 1.24 bits per heavy atom. The van der Waals surface area contributed by atoms with Crippen molar-refractivity contribution in [3.05, 3.63) is 51.1 Å². The molecule has 0 aliphatic heterocycles. The lowest BCUT2D eigenvalue weighted by atomic mass is 9.86. The van der Waals surface area contributed by atoms with Gasteiger partial charge in [0.2, 0.25) is 5.91 Å². The first kappa shape index (κ1) is 19.8. The third kappa shape index (κ3) is 4.93. The van der Waals surface area contributed by atoms with Crippen LogP contribution in [0.15, 0.2) is 39.9 Å². The normalized spacial score (nSPS) is 14.9. The van der Waals surface area contributed by atoms with Gasteiger partial charge >= 0.3 is 0 Å². The van der Waals surface area contributed by atoms with Crippen molar-refractivity contribution in [2.75, 3.05) is 5.32 Å². The quantitative estimate of drug-likeness (QED) is 0.583.